The van der Waals surface area contributed by atoms with Crippen LogP contribution in [0, 0.1) is 0 Å². The Bertz CT molecular complexity index is 786. The number of allylic oxidation sites excluding steroid dienone is 1. The number of hydrogen-bond donors (Lipinski definition) is 0. The van der Waals surface area contributed by atoms with Gasteiger partial charge in [-0.3, -0.25) is 0 Å². The van der Waals surface area contributed by atoms with Crippen molar-refractivity contribution in [3.8, 4) is 5.75 Å². The van der Waals surface area contributed by atoms with Crippen molar-refractivity contribution >= 4 is 17.5 Å². The third-order valence-electron chi connectivity index (χ3n) is 5.23. The summed E-state index contributed by atoms with van der Waals surface area (Å²) < 4.78 is 5.26. The summed E-state index contributed by atoms with van der Waals surface area (Å²) in [5, 5.41) is 0. The van der Waals surface area contributed by atoms with Gasteiger partial charge >= 0.3 is 0 Å². The average Bonchev–Trinajstić information content (AvgIpc) is 2.68. The summed E-state index contributed by atoms with van der Waals surface area (Å²) in [6.45, 7) is 6.40. The Morgan fingerprint density at radius 1 is 0.960 bits per heavy atom. The first-order valence-electron chi connectivity index (χ1n) is 8.90. The fraction of sp³-hybridized carbons (Fsp3) is 0.273. The highest BCUT2D eigenvalue weighted by atomic mass is 16.5. The van der Waals surface area contributed by atoms with Crippen LogP contribution >= 0.6 is 0 Å². The highest BCUT2D eigenvalue weighted by Crippen LogP contribution is 2.35. The van der Waals surface area contributed by atoms with E-state index >= 15 is 0 Å². The molecule has 4 rings (SSSR count). The number of fused-ring (bicyclic) bond motifs is 1. The topological polar surface area (TPSA) is 15.7 Å². The highest BCUT2D eigenvalue weighted by Gasteiger charge is 2.28. The van der Waals surface area contributed by atoms with E-state index in [1.54, 1.807) is 7.11 Å². The van der Waals surface area contributed by atoms with E-state index in [9.17, 15) is 0 Å². The minimum absolute atomic E-state index is 0.507. The van der Waals surface area contributed by atoms with Crippen LogP contribution in [-0.4, -0.2) is 26.2 Å². The number of rotatable bonds is 3. The fourth-order valence-corrected chi connectivity index (χ4v) is 3.88. The Labute approximate surface area is 149 Å². The van der Waals surface area contributed by atoms with Crippen molar-refractivity contribution in [2.75, 3.05) is 30.0 Å². The van der Waals surface area contributed by atoms with Gasteiger partial charge < -0.3 is 14.5 Å². The van der Waals surface area contributed by atoms with Gasteiger partial charge in [0.2, 0.25) is 0 Å². The lowest BCUT2D eigenvalue weighted by Crippen LogP contribution is -2.45. The third-order valence-corrected chi connectivity index (χ3v) is 5.23. The molecule has 3 heteroatoms. The second-order valence-corrected chi connectivity index (χ2v) is 6.67. The zero-order valence-corrected chi connectivity index (χ0v) is 14.7. The monoisotopic (exact) mass is 332 g/mol. The van der Waals surface area contributed by atoms with Gasteiger partial charge in [-0.15, -0.1) is 0 Å². The first-order chi connectivity index (χ1) is 12.3. The molecule has 0 N–H and O–H groups in total. The first-order valence-corrected chi connectivity index (χ1v) is 8.90. The quantitative estimate of drug-likeness (QED) is 0.809. The van der Waals surface area contributed by atoms with Crippen LogP contribution in [0.1, 0.15) is 18.4 Å². The summed E-state index contributed by atoms with van der Waals surface area (Å²) in [4.78, 5) is 4.89. The van der Waals surface area contributed by atoms with E-state index in [1.807, 2.05) is 12.1 Å². The van der Waals surface area contributed by atoms with Gasteiger partial charge in [-0.1, -0.05) is 30.9 Å². The Hall–Kier alpha value is -2.68. The normalized spacial score (nSPS) is 17.6. The lowest BCUT2D eigenvalue weighted by molar-refractivity contribution is 0.414. The third kappa shape index (κ3) is 3.02. The molecule has 0 bridgehead atoms. The molecular formula is C22H24N2O. The van der Waals surface area contributed by atoms with Gasteiger partial charge in [0.15, 0.2) is 0 Å². The van der Waals surface area contributed by atoms with Crippen LogP contribution in [0.2, 0.25) is 0 Å². The minimum atomic E-state index is 0.507. The second kappa shape index (κ2) is 6.67. The lowest BCUT2D eigenvalue weighted by Gasteiger charge is -2.42. The zero-order valence-electron chi connectivity index (χ0n) is 14.7. The van der Waals surface area contributed by atoms with E-state index in [0.717, 1.165) is 37.4 Å². The van der Waals surface area contributed by atoms with Crippen LogP contribution < -0.4 is 14.5 Å². The summed E-state index contributed by atoms with van der Waals surface area (Å²) >= 11 is 0. The van der Waals surface area contributed by atoms with Crippen LogP contribution in [0.15, 0.2) is 66.9 Å². The summed E-state index contributed by atoms with van der Waals surface area (Å²) in [7, 11) is 1.71. The molecule has 2 heterocycles. The SMILES string of the molecule is C=C1C=Cc2ccccc2N1C1CCN(c2ccc(OC)cc2)CC1. The van der Waals surface area contributed by atoms with Crippen LogP contribution in [0.25, 0.3) is 6.08 Å². The number of piperidine rings is 1. The predicted octanol–water partition coefficient (Wildman–Crippen LogP) is 4.71. The maximum Gasteiger partial charge on any atom is 0.119 e. The fourth-order valence-electron chi connectivity index (χ4n) is 3.88. The standard InChI is InChI=1S/C22H24N2O/c1-17-7-8-18-5-3-4-6-22(18)24(17)20-13-15-23(16-14-20)19-9-11-21(25-2)12-10-19/h3-12,20H,1,13-16H2,2H3. The molecule has 128 valence electrons. The molecule has 0 amide bonds. The predicted molar refractivity (Wildman–Crippen MR) is 105 cm³/mol. The molecule has 0 spiro atoms. The van der Waals surface area contributed by atoms with Gasteiger partial charge in [-0.25, -0.2) is 0 Å². The maximum absolute atomic E-state index is 5.26. The smallest absolute Gasteiger partial charge is 0.119 e. The van der Waals surface area contributed by atoms with Gasteiger partial charge in [0.25, 0.3) is 0 Å². The van der Waals surface area contributed by atoms with E-state index in [-0.39, 0.29) is 0 Å². The molecule has 1 fully saturated rings. The van der Waals surface area contributed by atoms with Crippen molar-refractivity contribution in [2.24, 2.45) is 0 Å². The number of benzene rings is 2. The number of para-hydroxylation sites is 1. The van der Waals surface area contributed by atoms with Crippen LogP contribution in [-0.2, 0) is 0 Å². The molecule has 2 aromatic carbocycles. The summed E-state index contributed by atoms with van der Waals surface area (Å²) in [6, 6.07) is 17.5. The molecule has 1 saturated heterocycles. The molecule has 2 aliphatic heterocycles. The van der Waals surface area contributed by atoms with Gasteiger partial charge in [0, 0.05) is 36.2 Å². The number of nitrogens with zero attached hydrogens (tertiary/aromatic N) is 2. The molecule has 0 unspecified atom stereocenters. The van der Waals surface area contributed by atoms with E-state index in [4.69, 9.17) is 4.74 Å². The number of methoxy groups -OCH3 is 1. The van der Waals surface area contributed by atoms with Gasteiger partial charge in [0.05, 0.1) is 7.11 Å². The lowest BCUT2D eigenvalue weighted by atomic mass is 9.97. The van der Waals surface area contributed by atoms with Crippen molar-refractivity contribution in [2.45, 2.75) is 18.9 Å². The Kier molecular flexibility index (Phi) is 4.22. The van der Waals surface area contributed by atoms with Gasteiger partial charge in [0.1, 0.15) is 5.75 Å². The Morgan fingerprint density at radius 3 is 2.40 bits per heavy atom. The summed E-state index contributed by atoms with van der Waals surface area (Å²) in [6.07, 6.45) is 6.57. The number of hydrogen-bond acceptors (Lipinski definition) is 3. The molecule has 0 aromatic heterocycles. The number of anilines is 2. The van der Waals surface area contributed by atoms with Crippen molar-refractivity contribution in [3.63, 3.8) is 0 Å². The van der Waals surface area contributed by atoms with Gasteiger partial charge in [-0.2, -0.15) is 0 Å². The van der Waals surface area contributed by atoms with Crippen LogP contribution in [0.3, 0.4) is 0 Å². The minimum Gasteiger partial charge on any atom is -0.497 e. The highest BCUT2D eigenvalue weighted by molar-refractivity contribution is 5.76. The molecule has 0 saturated carbocycles. The molecule has 2 aliphatic rings. The van der Waals surface area contributed by atoms with Crippen LogP contribution in [0.4, 0.5) is 11.4 Å². The van der Waals surface area contributed by atoms with E-state index in [0.29, 0.717) is 6.04 Å². The molecule has 0 radical (unpaired) electrons. The molecular weight excluding hydrogens is 308 g/mol. The van der Waals surface area contributed by atoms with Crippen LogP contribution in [0.5, 0.6) is 5.75 Å². The summed E-state index contributed by atoms with van der Waals surface area (Å²) in [5.41, 5.74) is 4.95. The van der Waals surface area contributed by atoms with Crippen molar-refractivity contribution < 1.29 is 4.74 Å². The van der Waals surface area contributed by atoms with Gasteiger partial charge in [-0.05, 0) is 54.8 Å². The zero-order chi connectivity index (χ0) is 17.2. The molecule has 25 heavy (non-hydrogen) atoms. The Balaban J connectivity index is 1.48. The van der Waals surface area contributed by atoms with E-state index in [2.05, 4.69) is 64.9 Å². The second-order valence-electron chi connectivity index (χ2n) is 6.67. The van der Waals surface area contributed by atoms with Crippen molar-refractivity contribution in [3.05, 3.63) is 72.4 Å². The Morgan fingerprint density at radius 2 is 1.68 bits per heavy atom. The van der Waals surface area contributed by atoms with Crippen molar-refractivity contribution in [1.29, 1.82) is 0 Å². The molecule has 0 atom stereocenters. The molecule has 2 aromatic rings. The van der Waals surface area contributed by atoms with E-state index < -0.39 is 0 Å². The van der Waals surface area contributed by atoms with Crippen molar-refractivity contribution in [1.82, 2.24) is 0 Å². The average molecular weight is 332 g/mol. The molecule has 0 aliphatic carbocycles. The summed E-state index contributed by atoms with van der Waals surface area (Å²) in [5.74, 6) is 0.909. The molecule has 3 nitrogen and oxygen atoms in total. The largest absolute Gasteiger partial charge is 0.497 e. The van der Waals surface area contributed by atoms with E-state index in [1.165, 1.54) is 16.9 Å². The maximum atomic E-state index is 5.26. The number of ether oxygens (including phenoxy) is 1. The first kappa shape index (κ1) is 15.8.